The van der Waals surface area contributed by atoms with E-state index in [1.807, 2.05) is 38.1 Å². The summed E-state index contributed by atoms with van der Waals surface area (Å²) in [6.07, 6.45) is 0. The van der Waals surface area contributed by atoms with Crippen LogP contribution in [-0.4, -0.2) is 44.6 Å². The first kappa shape index (κ1) is 15.2. The normalized spacial score (nSPS) is 10.5. The molecule has 1 rings (SSSR count). The summed E-state index contributed by atoms with van der Waals surface area (Å²) in [5.74, 6) is 0.778. The Labute approximate surface area is 122 Å². The molecule has 0 aliphatic carbocycles. The van der Waals surface area contributed by atoms with Gasteiger partial charge in [-0.1, -0.05) is 0 Å². The number of carbonyl (C=O) groups is 1. The lowest BCUT2D eigenvalue weighted by atomic mass is 10.2. The van der Waals surface area contributed by atoms with E-state index >= 15 is 0 Å². The van der Waals surface area contributed by atoms with Crippen LogP contribution in [0.2, 0.25) is 0 Å². The molecule has 0 bridgehead atoms. The van der Waals surface area contributed by atoms with Gasteiger partial charge in [-0.15, -0.1) is 0 Å². The number of hydrogen-bond acceptors (Lipinski definition) is 3. The number of nitrogens with one attached hydrogen (secondary N) is 1. The molecule has 1 aromatic carbocycles. The quantitative estimate of drug-likeness (QED) is 0.787. The van der Waals surface area contributed by atoms with Gasteiger partial charge in [0.25, 0.3) is 5.91 Å². The second kappa shape index (κ2) is 7.58. The third-order valence-corrected chi connectivity index (χ3v) is 3.18. The predicted octanol–water partition coefficient (Wildman–Crippen LogP) is 1.98. The molecular weight excluding hydrogens is 343 g/mol. The number of carbonyl (C=O) groups excluding carboxylic acids is 1. The van der Waals surface area contributed by atoms with Gasteiger partial charge in [0, 0.05) is 18.7 Å². The number of rotatable bonds is 6. The number of benzene rings is 1. The minimum atomic E-state index is -0.0437. The number of likely N-dealkylation sites (N-methyl/N-ethyl adjacent to an activating group) is 1. The van der Waals surface area contributed by atoms with Gasteiger partial charge in [-0.25, -0.2) is 0 Å². The first-order valence-corrected chi connectivity index (χ1v) is 6.97. The van der Waals surface area contributed by atoms with E-state index in [0.717, 1.165) is 15.9 Å². The molecule has 5 heteroatoms. The highest BCUT2D eigenvalue weighted by Crippen LogP contribution is 2.21. The van der Waals surface area contributed by atoms with E-state index in [9.17, 15) is 4.79 Å². The molecule has 0 aliphatic heterocycles. The standard InChI is InChI=1S/C13H19IN2O2/c1-4-18-12-6-5-10(9-11(12)14)13(17)15-7-8-16(2)3/h5-6,9H,4,7-8H2,1-3H3,(H,15,17). The van der Waals surface area contributed by atoms with Gasteiger partial charge in [-0.05, 0) is 61.8 Å². The number of amides is 1. The zero-order chi connectivity index (χ0) is 13.5. The van der Waals surface area contributed by atoms with Crippen LogP contribution in [-0.2, 0) is 0 Å². The fourth-order valence-electron chi connectivity index (χ4n) is 1.41. The van der Waals surface area contributed by atoms with E-state index in [0.29, 0.717) is 18.7 Å². The average molecular weight is 362 g/mol. The second-order valence-electron chi connectivity index (χ2n) is 4.14. The van der Waals surface area contributed by atoms with Crippen molar-refractivity contribution < 1.29 is 9.53 Å². The lowest BCUT2D eigenvalue weighted by Gasteiger charge is -2.11. The maximum Gasteiger partial charge on any atom is 0.251 e. The van der Waals surface area contributed by atoms with E-state index in [2.05, 4.69) is 27.9 Å². The molecule has 0 atom stereocenters. The summed E-state index contributed by atoms with van der Waals surface area (Å²) in [5, 5.41) is 2.88. The molecule has 0 heterocycles. The van der Waals surface area contributed by atoms with Crippen molar-refractivity contribution in [3.63, 3.8) is 0 Å². The molecule has 0 aromatic heterocycles. The molecule has 0 spiro atoms. The molecule has 1 N–H and O–H groups in total. The van der Waals surface area contributed by atoms with Crippen LogP contribution in [0.5, 0.6) is 5.75 Å². The fourth-order valence-corrected chi connectivity index (χ4v) is 2.08. The van der Waals surface area contributed by atoms with Crippen LogP contribution in [0, 0.1) is 3.57 Å². The monoisotopic (exact) mass is 362 g/mol. The highest BCUT2D eigenvalue weighted by Gasteiger charge is 2.08. The molecule has 18 heavy (non-hydrogen) atoms. The zero-order valence-electron chi connectivity index (χ0n) is 11.0. The van der Waals surface area contributed by atoms with Crippen molar-refractivity contribution in [1.29, 1.82) is 0 Å². The lowest BCUT2D eigenvalue weighted by molar-refractivity contribution is 0.0951. The Balaban J connectivity index is 2.61. The first-order chi connectivity index (χ1) is 8.54. The predicted molar refractivity (Wildman–Crippen MR) is 81.2 cm³/mol. The molecular formula is C13H19IN2O2. The molecule has 100 valence electrons. The Morgan fingerprint density at radius 2 is 2.17 bits per heavy atom. The van der Waals surface area contributed by atoms with Crippen molar-refractivity contribution in [1.82, 2.24) is 10.2 Å². The van der Waals surface area contributed by atoms with Crippen molar-refractivity contribution in [3.05, 3.63) is 27.3 Å². The molecule has 0 unspecified atom stereocenters. The molecule has 0 fully saturated rings. The summed E-state index contributed by atoms with van der Waals surface area (Å²) >= 11 is 2.18. The van der Waals surface area contributed by atoms with E-state index in [1.54, 1.807) is 6.07 Å². The summed E-state index contributed by atoms with van der Waals surface area (Å²) in [6, 6.07) is 5.47. The highest BCUT2D eigenvalue weighted by molar-refractivity contribution is 14.1. The van der Waals surface area contributed by atoms with Crippen LogP contribution in [0.3, 0.4) is 0 Å². The maximum absolute atomic E-state index is 11.9. The average Bonchev–Trinajstić information content (AvgIpc) is 2.31. The second-order valence-corrected chi connectivity index (χ2v) is 5.30. The topological polar surface area (TPSA) is 41.6 Å². The molecule has 4 nitrogen and oxygen atoms in total. The molecule has 0 saturated heterocycles. The van der Waals surface area contributed by atoms with Crippen molar-refractivity contribution in [3.8, 4) is 5.75 Å². The minimum absolute atomic E-state index is 0.0437. The number of ether oxygens (including phenoxy) is 1. The van der Waals surface area contributed by atoms with Gasteiger partial charge in [-0.3, -0.25) is 4.79 Å². The van der Waals surface area contributed by atoms with Crippen LogP contribution >= 0.6 is 22.6 Å². The van der Waals surface area contributed by atoms with Crippen molar-refractivity contribution in [2.45, 2.75) is 6.92 Å². The van der Waals surface area contributed by atoms with Crippen molar-refractivity contribution in [2.75, 3.05) is 33.8 Å². The van der Waals surface area contributed by atoms with Crippen LogP contribution in [0.25, 0.3) is 0 Å². The first-order valence-electron chi connectivity index (χ1n) is 5.90. The van der Waals surface area contributed by atoms with Crippen LogP contribution in [0.15, 0.2) is 18.2 Å². The Morgan fingerprint density at radius 3 is 2.72 bits per heavy atom. The number of hydrogen-bond donors (Lipinski definition) is 1. The van der Waals surface area contributed by atoms with E-state index in [-0.39, 0.29) is 5.91 Å². The molecule has 0 radical (unpaired) electrons. The minimum Gasteiger partial charge on any atom is -0.493 e. The Kier molecular flexibility index (Phi) is 6.42. The summed E-state index contributed by atoms with van der Waals surface area (Å²) in [5.41, 5.74) is 0.668. The summed E-state index contributed by atoms with van der Waals surface area (Å²) in [4.78, 5) is 13.9. The molecule has 1 aromatic rings. The Bertz CT molecular complexity index is 408. The van der Waals surface area contributed by atoms with Gasteiger partial charge < -0.3 is 15.0 Å². The molecule has 1 amide bonds. The van der Waals surface area contributed by atoms with Crippen LogP contribution in [0.4, 0.5) is 0 Å². The van der Waals surface area contributed by atoms with Crippen LogP contribution in [0.1, 0.15) is 17.3 Å². The smallest absolute Gasteiger partial charge is 0.251 e. The van der Waals surface area contributed by atoms with Crippen molar-refractivity contribution >= 4 is 28.5 Å². The highest BCUT2D eigenvalue weighted by atomic mass is 127. The lowest BCUT2D eigenvalue weighted by Crippen LogP contribution is -2.31. The van der Waals surface area contributed by atoms with Crippen LogP contribution < -0.4 is 10.1 Å². The number of halogens is 1. The van der Waals surface area contributed by atoms with Gasteiger partial charge in [-0.2, -0.15) is 0 Å². The zero-order valence-corrected chi connectivity index (χ0v) is 13.2. The summed E-state index contributed by atoms with van der Waals surface area (Å²) < 4.78 is 6.39. The Hall–Kier alpha value is -0.820. The van der Waals surface area contributed by atoms with E-state index in [1.165, 1.54) is 0 Å². The van der Waals surface area contributed by atoms with Gasteiger partial charge in [0.2, 0.25) is 0 Å². The van der Waals surface area contributed by atoms with Gasteiger partial charge in [0.05, 0.1) is 10.2 Å². The number of nitrogens with zero attached hydrogens (tertiary/aromatic N) is 1. The van der Waals surface area contributed by atoms with E-state index < -0.39 is 0 Å². The summed E-state index contributed by atoms with van der Waals surface area (Å²) in [7, 11) is 3.96. The maximum atomic E-state index is 11.9. The van der Waals surface area contributed by atoms with Crippen molar-refractivity contribution in [2.24, 2.45) is 0 Å². The van der Waals surface area contributed by atoms with Gasteiger partial charge in [0.15, 0.2) is 0 Å². The third kappa shape index (κ3) is 4.81. The van der Waals surface area contributed by atoms with E-state index in [4.69, 9.17) is 4.74 Å². The molecule has 0 saturated carbocycles. The van der Waals surface area contributed by atoms with Gasteiger partial charge >= 0.3 is 0 Å². The Morgan fingerprint density at radius 1 is 1.44 bits per heavy atom. The molecule has 0 aliphatic rings. The fraction of sp³-hybridized carbons (Fsp3) is 0.462. The summed E-state index contributed by atoms with van der Waals surface area (Å²) in [6.45, 7) is 4.05. The SMILES string of the molecule is CCOc1ccc(C(=O)NCCN(C)C)cc1I. The largest absolute Gasteiger partial charge is 0.493 e. The van der Waals surface area contributed by atoms with Gasteiger partial charge in [0.1, 0.15) is 5.75 Å². The third-order valence-electron chi connectivity index (χ3n) is 2.34.